The number of carbonyl (C=O) groups excluding carboxylic acids is 1. The zero-order valence-electron chi connectivity index (χ0n) is 27.2. The number of carbonyl (C=O) groups is 1. The van der Waals surface area contributed by atoms with Crippen molar-refractivity contribution in [2.24, 2.45) is 0 Å². The fourth-order valence-electron chi connectivity index (χ4n) is 5.78. The molecule has 2 aliphatic heterocycles. The third-order valence-corrected chi connectivity index (χ3v) is 8.04. The van der Waals surface area contributed by atoms with Crippen molar-refractivity contribution < 1.29 is 38.6 Å². The Labute approximate surface area is 271 Å². The summed E-state index contributed by atoms with van der Waals surface area (Å²) in [4.78, 5) is 24.4. The molecule has 2 heterocycles. The summed E-state index contributed by atoms with van der Waals surface area (Å²) < 4.78 is 23.4. The molecule has 0 radical (unpaired) electrons. The van der Waals surface area contributed by atoms with Gasteiger partial charge in [0.05, 0.1) is 13.2 Å². The second-order valence-electron chi connectivity index (χ2n) is 11.6. The molecule has 3 aromatic carbocycles. The van der Waals surface area contributed by atoms with Crippen LogP contribution in [0.15, 0.2) is 72.8 Å². The largest absolute Gasteiger partial charge is 0.514 e. The lowest BCUT2D eigenvalue weighted by molar-refractivity contribution is -0.471. The first kappa shape index (κ1) is 33.1. The molecule has 1 saturated heterocycles. The van der Waals surface area contributed by atoms with Crippen molar-refractivity contribution in [1.29, 1.82) is 0 Å². The lowest BCUT2D eigenvalue weighted by Gasteiger charge is -2.31. The minimum atomic E-state index is -0.736. The minimum Gasteiger partial charge on any atom is -0.492 e. The lowest BCUT2D eigenvalue weighted by Crippen LogP contribution is -2.33. The van der Waals surface area contributed by atoms with Crippen LogP contribution in [0.4, 0.5) is 4.79 Å². The van der Waals surface area contributed by atoms with Crippen LogP contribution >= 0.6 is 0 Å². The molecule has 0 saturated carbocycles. The first-order chi connectivity index (χ1) is 22.4. The van der Waals surface area contributed by atoms with E-state index in [1.807, 2.05) is 49.4 Å². The number of allylic oxidation sites excluding steroid dienone is 2. The van der Waals surface area contributed by atoms with Crippen LogP contribution in [0.25, 0.3) is 16.9 Å². The van der Waals surface area contributed by atoms with Crippen molar-refractivity contribution in [3.63, 3.8) is 0 Å². The van der Waals surface area contributed by atoms with Crippen LogP contribution in [0, 0.1) is 0 Å². The number of piperidine rings is 1. The number of ether oxygens (including phenoxy) is 4. The Morgan fingerprint density at radius 1 is 0.978 bits per heavy atom. The van der Waals surface area contributed by atoms with E-state index in [0.29, 0.717) is 23.9 Å². The first-order valence-corrected chi connectivity index (χ1v) is 15.9. The van der Waals surface area contributed by atoms with Crippen molar-refractivity contribution in [3.05, 3.63) is 95.1 Å². The average molecular weight is 630 g/mol. The molecular weight excluding hydrogens is 586 g/mol. The van der Waals surface area contributed by atoms with Crippen LogP contribution in [-0.2, 0) is 19.6 Å². The second-order valence-corrected chi connectivity index (χ2v) is 11.6. The number of rotatable bonds is 12. The van der Waals surface area contributed by atoms with Gasteiger partial charge < -0.3 is 23.8 Å². The minimum absolute atomic E-state index is 0.269. The molecule has 9 heteroatoms. The molecule has 1 fully saturated rings. The highest BCUT2D eigenvalue weighted by molar-refractivity contribution is 5.96. The maximum atomic E-state index is 12.1. The number of hydrogen-bond donors (Lipinski definition) is 0. The standard InChI is InChI=1S/C37H43NO8/c1-6-33(45-46-40-5)29-14-19-32-26(4)35(27-10-17-31(18-11-27)43-37(39)42-25(2)3)36(44-34(32)24-29)28-12-15-30(16-13-28)41-23-22-38-20-8-7-9-21-38/h6,10-19,24-25,36H,7-9,20-23H2,1-5H3/t36-/m0/s1. The van der Waals surface area contributed by atoms with Gasteiger partial charge in [-0.1, -0.05) is 42.8 Å². The van der Waals surface area contributed by atoms with Gasteiger partial charge in [0.2, 0.25) is 0 Å². The maximum absolute atomic E-state index is 12.1. The van der Waals surface area contributed by atoms with Gasteiger partial charge in [-0.25, -0.2) is 4.79 Å². The van der Waals surface area contributed by atoms with E-state index in [1.54, 1.807) is 32.1 Å². The van der Waals surface area contributed by atoms with Gasteiger partial charge in [-0.05, 0) is 112 Å². The topological polar surface area (TPSA) is 84.9 Å². The van der Waals surface area contributed by atoms with Crippen LogP contribution in [0.3, 0.4) is 0 Å². The highest BCUT2D eigenvalue weighted by atomic mass is 17.5. The monoisotopic (exact) mass is 629 g/mol. The Morgan fingerprint density at radius 2 is 1.70 bits per heavy atom. The highest BCUT2D eigenvalue weighted by Crippen LogP contribution is 2.47. The number of hydrogen-bond acceptors (Lipinski definition) is 9. The molecule has 1 atom stereocenters. The molecule has 0 aromatic heterocycles. The third-order valence-electron chi connectivity index (χ3n) is 8.04. The van der Waals surface area contributed by atoms with Gasteiger partial charge in [0.1, 0.15) is 30.0 Å². The summed E-state index contributed by atoms with van der Waals surface area (Å²) in [6.07, 6.45) is 4.21. The second kappa shape index (κ2) is 15.8. The molecule has 3 aromatic rings. The molecule has 46 heavy (non-hydrogen) atoms. The third kappa shape index (κ3) is 8.28. The molecule has 0 N–H and O–H groups in total. The van der Waals surface area contributed by atoms with Gasteiger partial charge in [0.25, 0.3) is 0 Å². The number of benzene rings is 3. The summed E-state index contributed by atoms with van der Waals surface area (Å²) in [7, 11) is 1.38. The van der Waals surface area contributed by atoms with E-state index >= 15 is 0 Å². The normalized spacial score (nSPS) is 16.9. The van der Waals surface area contributed by atoms with Crippen molar-refractivity contribution in [2.75, 3.05) is 33.4 Å². The molecule has 0 spiro atoms. The van der Waals surface area contributed by atoms with Gasteiger partial charge >= 0.3 is 6.16 Å². The van der Waals surface area contributed by atoms with Gasteiger partial charge in [0.15, 0.2) is 5.76 Å². The summed E-state index contributed by atoms with van der Waals surface area (Å²) in [6, 6.07) is 21.4. The van der Waals surface area contributed by atoms with E-state index in [9.17, 15) is 4.79 Å². The van der Waals surface area contributed by atoms with E-state index in [4.69, 9.17) is 28.9 Å². The molecule has 2 aliphatic rings. The van der Waals surface area contributed by atoms with Crippen LogP contribution < -0.4 is 14.2 Å². The maximum Gasteiger partial charge on any atom is 0.514 e. The quantitative estimate of drug-likeness (QED) is 0.0644. The van der Waals surface area contributed by atoms with Crippen LogP contribution in [0.2, 0.25) is 0 Å². The molecule has 0 bridgehead atoms. The average Bonchev–Trinajstić information content (AvgIpc) is 3.06. The van der Waals surface area contributed by atoms with Crippen molar-refractivity contribution in [2.45, 2.75) is 59.2 Å². The van der Waals surface area contributed by atoms with Crippen LogP contribution in [-0.4, -0.2) is 50.5 Å². The van der Waals surface area contributed by atoms with Crippen molar-refractivity contribution >= 4 is 23.1 Å². The Kier molecular flexibility index (Phi) is 11.4. The van der Waals surface area contributed by atoms with E-state index < -0.39 is 12.3 Å². The van der Waals surface area contributed by atoms with Gasteiger partial charge in [-0.15, -0.1) is 0 Å². The molecule has 9 nitrogen and oxygen atoms in total. The Hall–Kier alpha value is -4.31. The smallest absolute Gasteiger partial charge is 0.492 e. The predicted octanol–water partition coefficient (Wildman–Crippen LogP) is 8.41. The first-order valence-electron chi connectivity index (χ1n) is 15.9. The van der Waals surface area contributed by atoms with E-state index in [2.05, 4.69) is 28.8 Å². The Balaban J connectivity index is 1.43. The van der Waals surface area contributed by atoms with Crippen molar-refractivity contribution in [3.8, 4) is 17.2 Å². The molecule has 244 valence electrons. The molecule has 0 amide bonds. The SMILES string of the molecule is CC=C(OOOC)c1ccc2c(c1)O[C@@H](c1ccc(OCCN3CCCCC3)cc1)C(c1ccc(OC(=O)OC(C)C)cc1)=C2C. The van der Waals surface area contributed by atoms with E-state index in [1.165, 1.54) is 26.4 Å². The summed E-state index contributed by atoms with van der Waals surface area (Å²) in [5, 5.41) is 4.73. The molecular formula is C37H43NO8. The summed E-state index contributed by atoms with van der Waals surface area (Å²) >= 11 is 0. The summed E-state index contributed by atoms with van der Waals surface area (Å²) in [5.41, 5.74) is 5.70. The molecule has 0 aliphatic carbocycles. The zero-order chi connectivity index (χ0) is 32.5. The van der Waals surface area contributed by atoms with Gasteiger partial charge in [0, 0.05) is 23.2 Å². The summed E-state index contributed by atoms with van der Waals surface area (Å²) in [6.45, 7) is 11.4. The van der Waals surface area contributed by atoms with Gasteiger partial charge in [-0.2, -0.15) is 4.89 Å². The molecule has 0 unspecified atom stereocenters. The van der Waals surface area contributed by atoms with E-state index in [-0.39, 0.29) is 6.10 Å². The fourth-order valence-corrected chi connectivity index (χ4v) is 5.78. The van der Waals surface area contributed by atoms with Gasteiger partial charge in [-0.3, -0.25) is 4.90 Å². The van der Waals surface area contributed by atoms with E-state index in [0.717, 1.165) is 58.8 Å². The fraction of sp³-hybridized carbons (Fsp3) is 0.378. The molecule has 5 rings (SSSR count). The Morgan fingerprint density at radius 3 is 2.37 bits per heavy atom. The van der Waals surface area contributed by atoms with Crippen molar-refractivity contribution in [1.82, 2.24) is 4.90 Å². The van der Waals surface area contributed by atoms with Crippen LogP contribution in [0.5, 0.6) is 17.2 Å². The predicted molar refractivity (Wildman–Crippen MR) is 176 cm³/mol. The highest BCUT2D eigenvalue weighted by Gasteiger charge is 2.30. The Bertz CT molecular complexity index is 1520. The lowest BCUT2D eigenvalue weighted by atomic mass is 9.85. The number of likely N-dealkylation sites (tertiary alicyclic amines) is 1. The van der Waals surface area contributed by atoms with Crippen LogP contribution in [0.1, 0.15) is 75.3 Å². The zero-order valence-corrected chi connectivity index (χ0v) is 27.2. The number of fused-ring (bicyclic) bond motifs is 1. The number of nitrogens with zero attached hydrogens (tertiary/aromatic N) is 1. The summed E-state index contributed by atoms with van der Waals surface area (Å²) in [5.74, 6) is 2.43.